The number of carbonyl (C=O) groups is 2. The van der Waals surface area contributed by atoms with Gasteiger partial charge in [0.05, 0.1) is 17.9 Å². The lowest BCUT2D eigenvalue weighted by atomic mass is 10.1. The number of aromatic amines is 1. The van der Waals surface area contributed by atoms with Crippen LogP contribution in [-0.4, -0.2) is 52.6 Å². The van der Waals surface area contributed by atoms with E-state index >= 15 is 0 Å². The number of aryl methyl sites for hydroxylation is 2. The van der Waals surface area contributed by atoms with Crippen LogP contribution in [0, 0.1) is 0 Å². The maximum Gasteiger partial charge on any atom is 0.303 e. The van der Waals surface area contributed by atoms with Crippen molar-refractivity contribution in [1.29, 1.82) is 0 Å². The fraction of sp³-hybridized carbons (Fsp3) is 0.478. The van der Waals surface area contributed by atoms with E-state index in [1.807, 2.05) is 29.1 Å². The first-order chi connectivity index (χ1) is 16.0. The molecule has 0 bridgehead atoms. The summed E-state index contributed by atoms with van der Waals surface area (Å²) >= 11 is 0. The second-order valence-electron chi connectivity index (χ2n) is 7.77. The van der Waals surface area contributed by atoms with Crippen LogP contribution < -0.4 is 0 Å². The normalized spacial score (nSPS) is 10.4. The summed E-state index contributed by atoms with van der Waals surface area (Å²) in [7, 11) is 0. The van der Waals surface area contributed by atoms with Crippen molar-refractivity contribution in [3.8, 4) is 0 Å². The fourth-order valence-corrected chi connectivity index (χ4v) is 3.17. The number of rotatable bonds is 14. The minimum Gasteiger partial charge on any atom is -0.481 e. The molecule has 0 spiro atoms. The molecule has 0 amide bonds. The summed E-state index contributed by atoms with van der Waals surface area (Å²) in [4.78, 5) is 20.5. The second kappa shape index (κ2) is 15.3. The van der Waals surface area contributed by atoms with E-state index in [0.717, 1.165) is 69.3 Å². The van der Waals surface area contributed by atoms with Crippen LogP contribution in [0.2, 0.25) is 0 Å². The largest absolute Gasteiger partial charge is 0.481 e. The van der Waals surface area contributed by atoms with Gasteiger partial charge in [-0.05, 0) is 44.1 Å². The average molecular weight is 457 g/mol. The molecule has 3 rings (SSSR count). The van der Waals surface area contributed by atoms with E-state index in [1.165, 1.54) is 5.56 Å². The number of carboxylic acids is 2. The Kier molecular flexibility index (Phi) is 11.9. The van der Waals surface area contributed by atoms with Crippen molar-refractivity contribution in [3.63, 3.8) is 0 Å². The van der Waals surface area contributed by atoms with E-state index in [9.17, 15) is 9.59 Å². The lowest BCUT2D eigenvalue weighted by Crippen LogP contribution is -1.99. The van der Waals surface area contributed by atoms with Crippen molar-refractivity contribution in [3.05, 3.63) is 59.7 Å². The molecule has 0 saturated carbocycles. The number of unbranched alkanes of at least 4 members (excludes halogenated alkanes) is 4. The summed E-state index contributed by atoms with van der Waals surface area (Å²) in [6.07, 6.45) is 11.2. The third-order valence-electron chi connectivity index (χ3n) is 4.89. The minimum atomic E-state index is -0.723. The number of nitrogens with zero attached hydrogens (tertiary/aromatic N) is 5. The van der Waals surface area contributed by atoms with E-state index in [2.05, 4.69) is 37.9 Å². The van der Waals surface area contributed by atoms with Crippen LogP contribution in [0.5, 0.6) is 0 Å². The standard InChI is InChI=1S/C15H19N3O2.C8H13N3O2/c19-15(20)10-6-2-5-9-14-12-18(17-16-14)11-13-7-3-1-4-8-13;12-8(13)5-3-1-2-4-7-6-9-11-10-7/h1,3-4,7-8,12H,2,5-6,9-11H2,(H,19,20);6H,1-5H2,(H,12,13)(H,9,10,11). The number of carboxylic acid groups (broad SMARTS) is 2. The van der Waals surface area contributed by atoms with E-state index < -0.39 is 11.9 Å². The quantitative estimate of drug-likeness (QED) is 0.312. The number of aliphatic carboxylic acids is 2. The van der Waals surface area contributed by atoms with Crippen molar-refractivity contribution < 1.29 is 19.8 Å². The third kappa shape index (κ3) is 12.2. The van der Waals surface area contributed by atoms with Crippen molar-refractivity contribution in [2.45, 2.75) is 70.8 Å². The maximum atomic E-state index is 10.4. The van der Waals surface area contributed by atoms with Gasteiger partial charge in [-0.15, -0.1) is 10.2 Å². The van der Waals surface area contributed by atoms with Crippen LogP contribution in [0.15, 0.2) is 42.7 Å². The summed E-state index contributed by atoms with van der Waals surface area (Å²) in [5.41, 5.74) is 3.11. The molecule has 0 unspecified atom stereocenters. The highest BCUT2D eigenvalue weighted by molar-refractivity contribution is 5.66. The van der Waals surface area contributed by atoms with Crippen LogP contribution in [0.3, 0.4) is 0 Å². The molecule has 3 N–H and O–H groups in total. The third-order valence-corrected chi connectivity index (χ3v) is 4.89. The molecule has 1 aromatic carbocycles. The summed E-state index contributed by atoms with van der Waals surface area (Å²) in [5, 5.41) is 35.2. The smallest absolute Gasteiger partial charge is 0.303 e. The van der Waals surface area contributed by atoms with Gasteiger partial charge in [0.25, 0.3) is 0 Å². The van der Waals surface area contributed by atoms with Crippen molar-refractivity contribution in [1.82, 2.24) is 30.4 Å². The van der Waals surface area contributed by atoms with Crippen LogP contribution >= 0.6 is 0 Å². The molecule has 0 fully saturated rings. The zero-order valence-corrected chi connectivity index (χ0v) is 18.8. The Bertz CT molecular complexity index is 928. The molecule has 33 heavy (non-hydrogen) atoms. The monoisotopic (exact) mass is 456 g/mol. The van der Waals surface area contributed by atoms with Crippen LogP contribution in [0.1, 0.15) is 68.3 Å². The highest BCUT2D eigenvalue weighted by Crippen LogP contribution is 2.07. The van der Waals surface area contributed by atoms with Gasteiger partial charge in [0.2, 0.25) is 0 Å². The molecule has 0 aliphatic heterocycles. The number of hydrogen-bond acceptors (Lipinski definition) is 6. The Hall–Kier alpha value is -3.56. The highest BCUT2D eigenvalue weighted by Gasteiger charge is 2.03. The molecule has 0 aliphatic rings. The molecule has 178 valence electrons. The first kappa shape index (κ1) is 25.7. The van der Waals surface area contributed by atoms with Gasteiger partial charge >= 0.3 is 11.9 Å². The predicted molar refractivity (Wildman–Crippen MR) is 122 cm³/mol. The van der Waals surface area contributed by atoms with Crippen molar-refractivity contribution in [2.24, 2.45) is 0 Å². The van der Waals surface area contributed by atoms with Crippen molar-refractivity contribution >= 4 is 11.9 Å². The Balaban J connectivity index is 0.000000257. The Morgan fingerprint density at radius 3 is 2.03 bits per heavy atom. The van der Waals surface area contributed by atoms with E-state index in [1.54, 1.807) is 6.20 Å². The van der Waals surface area contributed by atoms with Gasteiger partial charge in [-0.25, -0.2) is 4.68 Å². The van der Waals surface area contributed by atoms with Crippen LogP contribution in [0.4, 0.5) is 0 Å². The topological polar surface area (TPSA) is 147 Å². The second-order valence-corrected chi connectivity index (χ2v) is 7.77. The molecule has 2 heterocycles. The van der Waals surface area contributed by atoms with Gasteiger partial charge in [0.1, 0.15) is 0 Å². The molecule has 10 heteroatoms. The SMILES string of the molecule is O=C(O)CCCCCc1c[nH]nn1.O=C(O)CCCCCc1cn(Cc2ccccc2)nn1. The lowest BCUT2D eigenvalue weighted by Gasteiger charge is -1.99. The van der Waals surface area contributed by atoms with Gasteiger partial charge in [0, 0.05) is 25.2 Å². The molecule has 0 saturated heterocycles. The molecule has 10 nitrogen and oxygen atoms in total. The van der Waals surface area contributed by atoms with Gasteiger partial charge < -0.3 is 10.2 Å². The molecule has 3 aromatic rings. The molecule has 0 aliphatic carbocycles. The fourth-order valence-electron chi connectivity index (χ4n) is 3.17. The maximum absolute atomic E-state index is 10.4. The zero-order valence-electron chi connectivity index (χ0n) is 18.8. The average Bonchev–Trinajstić information content (AvgIpc) is 3.46. The molecule has 0 atom stereocenters. The Morgan fingerprint density at radius 1 is 0.818 bits per heavy atom. The Morgan fingerprint density at radius 2 is 1.45 bits per heavy atom. The molecule has 0 radical (unpaired) electrons. The first-order valence-corrected chi connectivity index (χ1v) is 11.2. The van der Waals surface area contributed by atoms with Crippen LogP contribution in [0.25, 0.3) is 0 Å². The van der Waals surface area contributed by atoms with Crippen LogP contribution in [-0.2, 0) is 29.0 Å². The summed E-state index contributed by atoms with van der Waals surface area (Å²) in [5.74, 6) is -1.44. The summed E-state index contributed by atoms with van der Waals surface area (Å²) in [6.45, 7) is 0.729. The number of hydrogen-bond donors (Lipinski definition) is 3. The number of H-pyrrole nitrogens is 1. The predicted octanol–water partition coefficient (Wildman–Crippen LogP) is 3.51. The van der Waals surface area contributed by atoms with E-state index in [-0.39, 0.29) is 12.8 Å². The number of nitrogens with one attached hydrogen (secondary N) is 1. The zero-order chi connectivity index (χ0) is 23.7. The lowest BCUT2D eigenvalue weighted by molar-refractivity contribution is -0.138. The van der Waals surface area contributed by atoms with Gasteiger partial charge in [-0.1, -0.05) is 53.6 Å². The van der Waals surface area contributed by atoms with Gasteiger partial charge in [-0.3, -0.25) is 14.7 Å². The van der Waals surface area contributed by atoms with E-state index in [0.29, 0.717) is 0 Å². The molecular formula is C23H32N6O4. The number of benzene rings is 1. The Labute approximate surface area is 193 Å². The number of aromatic nitrogens is 6. The molecule has 2 aromatic heterocycles. The summed E-state index contributed by atoms with van der Waals surface area (Å²) < 4.78 is 1.84. The first-order valence-electron chi connectivity index (χ1n) is 11.2. The van der Waals surface area contributed by atoms with Crippen molar-refractivity contribution in [2.75, 3.05) is 0 Å². The molecular weight excluding hydrogens is 424 g/mol. The highest BCUT2D eigenvalue weighted by atomic mass is 16.4. The summed E-state index contributed by atoms with van der Waals surface area (Å²) in [6, 6.07) is 10.1. The van der Waals surface area contributed by atoms with Gasteiger partial charge in [0.15, 0.2) is 0 Å². The minimum absolute atomic E-state index is 0.251. The van der Waals surface area contributed by atoms with Gasteiger partial charge in [-0.2, -0.15) is 0 Å². The van der Waals surface area contributed by atoms with E-state index in [4.69, 9.17) is 10.2 Å².